The highest BCUT2D eigenvalue weighted by molar-refractivity contribution is 7.92. The first-order chi connectivity index (χ1) is 22.5. The molecule has 2 heterocycles. The molecule has 3 aliphatic rings. The van der Waals surface area contributed by atoms with E-state index >= 15 is 0 Å². The molecular formula is C36H47N5O5S. The number of amides is 1. The molecular weight excluding hydrogens is 614 g/mol. The van der Waals surface area contributed by atoms with Crippen LogP contribution in [0.3, 0.4) is 0 Å². The van der Waals surface area contributed by atoms with Crippen molar-refractivity contribution < 1.29 is 23.1 Å². The van der Waals surface area contributed by atoms with Crippen molar-refractivity contribution in [2.75, 3.05) is 17.9 Å². The zero-order valence-corrected chi connectivity index (χ0v) is 28.6. The van der Waals surface area contributed by atoms with Gasteiger partial charge in [0.25, 0.3) is 15.9 Å². The number of carbonyl (C=O) groups excluding carboxylic acids is 1. The van der Waals surface area contributed by atoms with Gasteiger partial charge in [-0.15, -0.1) is 0 Å². The summed E-state index contributed by atoms with van der Waals surface area (Å²) in [5.41, 5.74) is 3.76. The molecule has 0 spiro atoms. The van der Waals surface area contributed by atoms with E-state index < -0.39 is 10.0 Å². The summed E-state index contributed by atoms with van der Waals surface area (Å²) in [5, 5.41) is 13.3. The van der Waals surface area contributed by atoms with Crippen molar-refractivity contribution in [3.8, 4) is 17.1 Å². The number of aliphatic hydroxyl groups is 1. The minimum Gasteiger partial charge on any atom is -0.475 e. The summed E-state index contributed by atoms with van der Waals surface area (Å²) in [6, 6.07) is 14.4. The van der Waals surface area contributed by atoms with Gasteiger partial charge in [0.2, 0.25) is 11.8 Å². The Hall–Kier alpha value is -3.54. The molecule has 10 nitrogen and oxygen atoms in total. The predicted octanol–water partition coefficient (Wildman–Crippen LogP) is 5.48. The van der Waals surface area contributed by atoms with Crippen LogP contribution in [0.15, 0.2) is 53.4 Å². The smallest absolute Gasteiger partial charge is 0.264 e. The van der Waals surface area contributed by atoms with Gasteiger partial charge in [-0.3, -0.25) is 4.79 Å². The average Bonchev–Trinajstić information content (AvgIpc) is 3.02. The molecule has 47 heavy (non-hydrogen) atoms. The molecule has 4 bridgehead atoms. The van der Waals surface area contributed by atoms with Crippen LogP contribution in [0.25, 0.3) is 11.3 Å². The molecule has 6 rings (SSSR count). The average molecular weight is 662 g/mol. The van der Waals surface area contributed by atoms with Gasteiger partial charge in [-0.25, -0.2) is 18.1 Å². The molecule has 0 unspecified atom stereocenters. The number of benzene rings is 2. The molecule has 1 atom stereocenters. The lowest BCUT2D eigenvalue weighted by Crippen LogP contribution is -2.60. The number of aromatic nitrogens is 2. The lowest BCUT2D eigenvalue weighted by molar-refractivity contribution is 0.0189. The maximum Gasteiger partial charge on any atom is 0.264 e. The normalized spacial score (nSPS) is 25.9. The Morgan fingerprint density at radius 3 is 2.38 bits per heavy atom. The van der Waals surface area contributed by atoms with Crippen molar-refractivity contribution in [2.24, 2.45) is 11.8 Å². The molecule has 1 amide bonds. The molecule has 0 saturated heterocycles. The van der Waals surface area contributed by atoms with Crippen molar-refractivity contribution >= 4 is 21.9 Å². The molecule has 252 valence electrons. The van der Waals surface area contributed by atoms with Crippen LogP contribution in [0.5, 0.6) is 5.88 Å². The minimum atomic E-state index is -4.12. The van der Waals surface area contributed by atoms with Crippen LogP contribution in [-0.4, -0.2) is 71.7 Å². The number of anilines is 1. The molecule has 3 N–H and O–H groups in total. The number of aryl methyl sites for hydroxylation is 2. The fourth-order valence-electron chi connectivity index (χ4n) is 7.43. The highest BCUT2D eigenvalue weighted by atomic mass is 32.2. The highest BCUT2D eigenvalue weighted by Crippen LogP contribution is 2.35. The minimum absolute atomic E-state index is 0.0178. The summed E-state index contributed by atoms with van der Waals surface area (Å²) in [7, 11) is -4.12. The Morgan fingerprint density at radius 1 is 1.00 bits per heavy atom. The first kappa shape index (κ1) is 33.4. The van der Waals surface area contributed by atoms with E-state index in [0.717, 1.165) is 55.2 Å². The second kappa shape index (κ2) is 13.9. The quantitative estimate of drug-likeness (QED) is 0.303. The fraction of sp³-hybridized carbons (Fsp3) is 0.528. The van der Waals surface area contributed by atoms with Crippen molar-refractivity contribution in [2.45, 2.75) is 102 Å². The van der Waals surface area contributed by atoms with Gasteiger partial charge in [-0.1, -0.05) is 38.1 Å². The van der Waals surface area contributed by atoms with Gasteiger partial charge in [-0.2, -0.15) is 4.98 Å². The molecule has 2 fully saturated rings. The van der Waals surface area contributed by atoms with Crippen LogP contribution in [-0.2, 0) is 10.0 Å². The third kappa shape index (κ3) is 7.47. The van der Waals surface area contributed by atoms with Crippen molar-refractivity contribution in [1.29, 1.82) is 0 Å². The predicted molar refractivity (Wildman–Crippen MR) is 182 cm³/mol. The topological polar surface area (TPSA) is 134 Å². The van der Waals surface area contributed by atoms with Crippen molar-refractivity contribution in [3.05, 3.63) is 65.2 Å². The van der Waals surface area contributed by atoms with Crippen LogP contribution < -0.4 is 14.8 Å². The Balaban J connectivity index is 1.34. The standard InChI is InChI=1S/C36H47N5O5S/c1-22(2)15-30-21-46-33-19-32(34-23(3)7-5-8-24(34)4)38-36(39-33)40-47(44,45)31-10-6-9-26(16-31)35(43)41(30)29-17-28(18-29)37-27-13-11-25(20-42)12-14-27/h5-10,16,19,22,25,27-30,37,42H,11-15,17-18,20-21H2,1-4H3,(H,38,39,40)/t25-,27-,28?,29?,30-/m1/s1. The van der Waals surface area contributed by atoms with E-state index in [-0.39, 0.29) is 53.8 Å². The van der Waals surface area contributed by atoms with E-state index in [4.69, 9.17) is 4.74 Å². The van der Waals surface area contributed by atoms with Crippen molar-refractivity contribution in [1.82, 2.24) is 20.2 Å². The number of hydrogen-bond acceptors (Lipinski definition) is 8. The molecule has 2 aliphatic carbocycles. The molecule has 1 aliphatic heterocycles. The molecule has 3 aromatic rings. The number of sulfonamides is 1. The third-order valence-corrected chi connectivity index (χ3v) is 11.3. The molecule has 2 saturated carbocycles. The van der Waals surface area contributed by atoms with Gasteiger partial charge in [0.15, 0.2) is 0 Å². The van der Waals surface area contributed by atoms with Crippen LogP contribution in [0.4, 0.5) is 5.95 Å². The van der Waals surface area contributed by atoms with E-state index in [0.29, 0.717) is 35.7 Å². The van der Waals surface area contributed by atoms with E-state index in [1.165, 1.54) is 12.1 Å². The molecule has 2 aromatic carbocycles. The second-order valence-electron chi connectivity index (χ2n) is 14.0. The number of rotatable bonds is 7. The number of hydrogen-bond donors (Lipinski definition) is 3. The Morgan fingerprint density at radius 2 is 1.70 bits per heavy atom. The third-order valence-electron chi connectivity index (χ3n) is 9.93. The van der Waals surface area contributed by atoms with E-state index in [1.54, 1.807) is 18.2 Å². The van der Waals surface area contributed by atoms with Gasteiger partial charge < -0.3 is 20.1 Å². The SMILES string of the molecule is Cc1cccc(C)c1-c1cc2nc(n1)NS(=O)(=O)c1cccc(c1)C(=O)N(C1CC(N[C@H]3CC[C@H](CO)CC3)C1)[C@H](CC(C)C)CO2. The van der Waals surface area contributed by atoms with E-state index in [2.05, 4.69) is 33.9 Å². The zero-order chi connectivity index (χ0) is 33.3. The van der Waals surface area contributed by atoms with Crippen LogP contribution in [0.1, 0.15) is 80.3 Å². The summed E-state index contributed by atoms with van der Waals surface area (Å²) < 4.78 is 36.2. The fourth-order valence-corrected chi connectivity index (χ4v) is 8.42. The van der Waals surface area contributed by atoms with Crippen molar-refractivity contribution in [3.63, 3.8) is 0 Å². The first-order valence-electron chi connectivity index (χ1n) is 16.9. The Labute approximate surface area is 278 Å². The summed E-state index contributed by atoms with van der Waals surface area (Å²) in [4.78, 5) is 25.4. The van der Waals surface area contributed by atoms with Crippen LogP contribution in [0, 0.1) is 25.7 Å². The Bertz CT molecular complexity index is 1680. The molecule has 11 heteroatoms. The Kier molecular flexibility index (Phi) is 9.87. The second-order valence-corrected chi connectivity index (χ2v) is 15.7. The van der Waals surface area contributed by atoms with Gasteiger partial charge >= 0.3 is 0 Å². The summed E-state index contributed by atoms with van der Waals surface area (Å²) in [6.07, 6.45) is 6.52. The van der Waals surface area contributed by atoms with E-state index in [9.17, 15) is 18.3 Å². The lowest BCUT2D eigenvalue weighted by atomic mass is 9.81. The van der Waals surface area contributed by atoms with E-state index in [1.807, 2.05) is 36.9 Å². The van der Waals surface area contributed by atoms with Crippen LogP contribution in [0.2, 0.25) is 0 Å². The number of fused-ring (bicyclic) bond motifs is 4. The maximum absolute atomic E-state index is 14.4. The van der Waals surface area contributed by atoms with Gasteiger partial charge in [-0.05, 0) is 100.0 Å². The van der Waals surface area contributed by atoms with Gasteiger partial charge in [0.1, 0.15) is 6.61 Å². The summed E-state index contributed by atoms with van der Waals surface area (Å²) in [5.74, 6) is 0.644. The summed E-state index contributed by atoms with van der Waals surface area (Å²) in [6.45, 7) is 8.72. The molecule has 1 aromatic heterocycles. The monoisotopic (exact) mass is 661 g/mol. The first-order valence-corrected chi connectivity index (χ1v) is 18.4. The van der Waals surface area contributed by atoms with Gasteiger partial charge in [0, 0.05) is 41.9 Å². The number of carbonyl (C=O) groups is 1. The highest BCUT2D eigenvalue weighted by Gasteiger charge is 2.41. The number of nitrogens with zero attached hydrogens (tertiary/aromatic N) is 3. The van der Waals surface area contributed by atoms with Gasteiger partial charge in [0.05, 0.1) is 16.6 Å². The number of ether oxygens (including phenoxy) is 1. The zero-order valence-electron chi connectivity index (χ0n) is 27.8. The lowest BCUT2D eigenvalue weighted by Gasteiger charge is -2.48. The van der Waals surface area contributed by atoms with Crippen LogP contribution >= 0.6 is 0 Å². The number of aliphatic hydroxyl groups excluding tert-OH is 1. The number of nitrogens with one attached hydrogen (secondary N) is 2. The molecule has 0 radical (unpaired) electrons. The maximum atomic E-state index is 14.4. The summed E-state index contributed by atoms with van der Waals surface area (Å²) >= 11 is 0. The largest absolute Gasteiger partial charge is 0.475 e.